The zero-order valence-corrected chi connectivity index (χ0v) is 20.5. The van der Waals surface area contributed by atoms with Gasteiger partial charge in [0.15, 0.2) is 0 Å². The number of benzene rings is 2. The Bertz CT molecular complexity index is 1120. The van der Waals surface area contributed by atoms with Gasteiger partial charge < -0.3 is 25.6 Å². The molecular weight excluding hydrogens is 460 g/mol. The van der Waals surface area contributed by atoms with Gasteiger partial charge in [0.2, 0.25) is 0 Å². The molecule has 0 radical (unpaired) electrons. The Morgan fingerprint density at radius 3 is 2.44 bits per heavy atom. The normalized spacial score (nSPS) is 12.4. The summed E-state index contributed by atoms with van der Waals surface area (Å²) < 4.78 is 11.1. The molecule has 1 aromatic heterocycles. The Morgan fingerprint density at radius 2 is 1.78 bits per heavy atom. The number of pyridine rings is 1. The summed E-state index contributed by atoms with van der Waals surface area (Å²) in [5, 5.41) is 11.7. The third-order valence-electron chi connectivity index (χ3n) is 5.71. The number of anilines is 2. The molecule has 1 heterocycles. The summed E-state index contributed by atoms with van der Waals surface area (Å²) in [6.45, 7) is 4.30. The second-order valence-corrected chi connectivity index (χ2v) is 8.18. The second kappa shape index (κ2) is 13.2. The third-order valence-corrected chi connectivity index (χ3v) is 5.71. The second-order valence-electron chi connectivity index (χ2n) is 8.18. The highest BCUT2D eigenvalue weighted by Crippen LogP contribution is 2.24. The summed E-state index contributed by atoms with van der Waals surface area (Å²) in [4.78, 5) is 31.4. The van der Waals surface area contributed by atoms with Crippen LogP contribution in [0.2, 0.25) is 0 Å². The number of aliphatic hydroxyl groups excluding tert-OH is 1. The lowest BCUT2D eigenvalue weighted by molar-refractivity contribution is 0.0357. The number of rotatable bonds is 11. The van der Waals surface area contributed by atoms with Gasteiger partial charge >= 0.3 is 6.09 Å². The highest BCUT2D eigenvalue weighted by atomic mass is 16.6. The first-order valence-electron chi connectivity index (χ1n) is 11.7. The Balaban J connectivity index is 1.65. The van der Waals surface area contributed by atoms with E-state index in [1.165, 1.54) is 0 Å². The van der Waals surface area contributed by atoms with Gasteiger partial charge in [0.25, 0.3) is 5.91 Å². The van der Waals surface area contributed by atoms with Crippen molar-refractivity contribution in [1.29, 1.82) is 0 Å². The molecule has 3 aromatic rings. The molecule has 36 heavy (non-hydrogen) atoms. The van der Waals surface area contributed by atoms with E-state index in [1.54, 1.807) is 72.7 Å². The number of hydrogen-bond donors (Lipinski definition) is 3. The van der Waals surface area contributed by atoms with Gasteiger partial charge in [0, 0.05) is 24.5 Å². The number of nitrogens with two attached hydrogens (primary N) is 1. The Hall–Kier alpha value is -3.95. The molecule has 2 amide bonds. The molecule has 0 aliphatic heterocycles. The van der Waals surface area contributed by atoms with Crippen molar-refractivity contribution in [2.45, 2.75) is 26.0 Å². The van der Waals surface area contributed by atoms with Crippen LogP contribution < -0.4 is 11.1 Å². The van der Waals surface area contributed by atoms with Crippen molar-refractivity contribution in [3.8, 4) is 0 Å². The van der Waals surface area contributed by atoms with Gasteiger partial charge in [-0.15, -0.1) is 0 Å². The molecule has 0 bridgehead atoms. The van der Waals surface area contributed by atoms with E-state index in [0.717, 1.165) is 11.1 Å². The topological polar surface area (TPSA) is 127 Å². The smallest absolute Gasteiger partial charge is 0.410 e. The van der Waals surface area contributed by atoms with Crippen LogP contribution in [-0.2, 0) is 9.47 Å². The van der Waals surface area contributed by atoms with Gasteiger partial charge in [-0.25, -0.2) is 4.79 Å². The molecule has 2 aromatic carbocycles. The van der Waals surface area contributed by atoms with Gasteiger partial charge in [-0.05, 0) is 55.3 Å². The SMILES string of the molecule is C[C@H](OC(=O)N(CCOCCO)[C@@H](C)c1cccnc1)c1ccc(C(=O)Nc2ccccc2N)cc1. The largest absolute Gasteiger partial charge is 0.441 e. The number of carbonyl (C=O) groups is 2. The van der Waals surface area contributed by atoms with Crippen molar-refractivity contribution < 1.29 is 24.2 Å². The van der Waals surface area contributed by atoms with Crippen LogP contribution in [0.25, 0.3) is 0 Å². The number of para-hydroxylation sites is 2. The van der Waals surface area contributed by atoms with Gasteiger partial charge in [0.05, 0.1) is 37.2 Å². The van der Waals surface area contributed by atoms with E-state index in [1.807, 2.05) is 19.1 Å². The number of aliphatic hydroxyl groups is 1. The predicted octanol–water partition coefficient (Wildman–Crippen LogP) is 4.19. The molecule has 4 N–H and O–H groups in total. The highest BCUT2D eigenvalue weighted by Gasteiger charge is 2.25. The lowest BCUT2D eigenvalue weighted by Crippen LogP contribution is -2.37. The first kappa shape index (κ1) is 26.7. The molecule has 2 atom stereocenters. The fraction of sp³-hybridized carbons (Fsp3) is 0.296. The zero-order chi connectivity index (χ0) is 25.9. The summed E-state index contributed by atoms with van der Waals surface area (Å²) in [5.41, 5.74) is 8.97. The van der Waals surface area contributed by atoms with Crippen molar-refractivity contribution in [3.63, 3.8) is 0 Å². The van der Waals surface area contributed by atoms with E-state index in [2.05, 4.69) is 10.3 Å². The number of amides is 2. The van der Waals surface area contributed by atoms with Gasteiger partial charge in [-0.1, -0.05) is 30.3 Å². The number of aromatic nitrogens is 1. The van der Waals surface area contributed by atoms with Crippen molar-refractivity contribution in [1.82, 2.24) is 9.88 Å². The maximum atomic E-state index is 13.1. The molecule has 0 aliphatic carbocycles. The van der Waals surface area contributed by atoms with Gasteiger partial charge in [0.1, 0.15) is 6.10 Å². The Morgan fingerprint density at radius 1 is 1.03 bits per heavy atom. The first-order chi connectivity index (χ1) is 17.4. The summed E-state index contributed by atoms with van der Waals surface area (Å²) in [5.74, 6) is -0.288. The standard InChI is InChI=1S/C27H32N4O5/c1-19(23-6-5-13-29-18-23)31(14-16-35-17-15-32)27(34)36-20(2)21-9-11-22(12-10-21)26(33)30-25-8-4-3-7-24(25)28/h3-13,18-20,32H,14-17,28H2,1-2H3,(H,30,33)/t19-,20-/m0/s1. The van der Waals surface area contributed by atoms with Crippen LogP contribution in [0.4, 0.5) is 16.2 Å². The number of ether oxygens (including phenoxy) is 2. The van der Waals surface area contributed by atoms with Crippen LogP contribution in [-0.4, -0.2) is 53.4 Å². The number of carbonyl (C=O) groups excluding carboxylic acids is 2. The van der Waals surface area contributed by atoms with E-state index in [4.69, 9.17) is 20.3 Å². The Labute approximate surface area is 210 Å². The van der Waals surface area contributed by atoms with E-state index in [0.29, 0.717) is 16.9 Å². The predicted molar refractivity (Wildman–Crippen MR) is 137 cm³/mol. The number of nitrogen functional groups attached to an aromatic ring is 1. The minimum atomic E-state index is -0.554. The van der Waals surface area contributed by atoms with E-state index >= 15 is 0 Å². The number of nitrogens with one attached hydrogen (secondary N) is 1. The van der Waals surface area contributed by atoms with Crippen molar-refractivity contribution in [2.75, 3.05) is 37.4 Å². The van der Waals surface area contributed by atoms with Crippen molar-refractivity contribution in [3.05, 3.63) is 89.7 Å². The minimum absolute atomic E-state index is 0.0909. The number of hydrogen-bond acceptors (Lipinski definition) is 7. The lowest BCUT2D eigenvalue weighted by atomic mass is 10.1. The van der Waals surface area contributed by atoms with Gasteiger partial charge in [-0.3, -0.25) is 14.7 Å². The Kier molecular flexibility index (Phi) is 9.79. The third kappa shape index (κ3) is 7.27. The molecule has 3 rings (SSSR count). The summed E-state index contributed by atoms with van der Waals surface area (Å²) in [7, 11) is 0. The van der Waals surface area contributed by atoms with Gasteiger partial charge in [-0.2, -0.15) is 0 Å². The summed E-state index contributed by atoms with van der Waals surface area (Å²) >= 11 is 0. The lowest BCUT2D eigenvalue weighted by Gasteiger charge is -2.30. The summed E-state index contributed by atoms with van der Waals surface area (Å²) in [6.07, 6.45) is 2.31. The molecule has 190 valence electrons. The maximum absolute atomic E-state index is 13.1. The molecule has 0 unspecified atom stereocenters. The van der Waals surface area contributed by atoms with E-state index in [9.17, 15) is 9.59 Å². The minimum Gasteiger partial charge on any atom is -0.441 e. The van der Waals surface area contributed by atoms with Crippen LogP contribution in [0.15, 0.2) is 73.1 Å². The van der Waals surface area contributed by atoms with E-state index in [-0.39, 0.29) is 38.3 Å². The van der Waals surface area contributed by atoms with Crippen LogP contribution in [0, 0.1) is 0 Å². The molecular formula is C27H32N4O5. The van der Waals surface area contributed by atoms with Crippen LogP contribution in [0.5, 0.6) is 0 Å². The molecule has 0 saturated heterocycles. The molecule has 9 nitrogen and oxygen atoms in total. The van der Waals surface area contributed by atoms with Crippen molar-refractivity contribution in [2.24, 2.45) is 0 Å². The quantitative estimate of drug-likeness (QED) is 0.271. The monoisotopic (exact) mass is 492 g/mol. The fourth-order valence-electron chi connectivity index (χ4n) is 3.57. The fourth-order valence-corrected chi connectivity index (χ4v) is 3.57. The van der Waals surface area contributed by atoms with Crippen LogP contribution in [0.1, 0.15) is 47.5 Å². The zero-order valence-electron chi connectivity index (χ0n) is 20.5. The van der Waals surface area contributed by atoms with Crippen LogP contribution in [0.3, 0.4) is 0 Å². The summed E-state index contributed by atoms with van der Waals surface area (Å²) in [6, 6.07) is 17.3. The van der Waals surface area contributed by atoms with Crippen molar-refractivity contribution >= 4 is 23.4 Å². The first-order valence-corrected chi connectivity index (χ1v) is 11.7. The molecule has 0 saturated carbocycles. The maximum Gasteiger partial charge on any atom is 0.410 e. The average molecular weight is 493 g/mol. The van der Waals surface area contributed by atoms with Crippen LogP contribution >= 0.6 is 0 Å². The molecule has 0 spiro atoms. The van der Waals surface area contributed by atoms with E-state index < -0.39 is 12.2 Å². The molecule has 9 heteroatoms. The highest BCUT2D eigenvalue weighted by molar-refractivity contribution is 6.05. The molecule has 0 aliphatic rings. The molecule has 0 fully saturated rings. The number of nitrogens with zero attached hydrogens (tertiary/aromatic N) is 2. The average Bonchev–Trinajstić information content (AvgIpc) is 2.90.